The molecule has 2 aromatic carbocycles. The minimum Gasteiger partial charge on any atom is -0.497 e. The van der Waals surface area contributed by atoms with Crippen molar-refractivity contribution in [1.82, 2.24) is 5.32 Å². The maximum Gasteiger partial charge on any atom is 0.261 e. The van der Waals surface area contributed by atoms with Gasteiger partial charge in [-0.3, -0.25) is 9.52 Å². The van der Waals surface area contributed by atoms with Crippen LogP contribution < -0.4 is 20.1 Å². The van der Waals surface area contributed by atoms with Crippen molar-refractivity contribution in [3.05, 3.63) is 48.5 Å². The molecule has 0 unspecified atom stereocenters. The number of amides is 1. The first-order valence-corrected chi connectivity index (χ1v) is 10.3. The Hall–Kier alpha value is -2.29. The highest BCUT2D eigenvalue weighted by Crippen LogP contribution is 2.26. The van der Waals surface area contributed by atoms with Gasteiger partial charge in [0, 0.05) is 5.92 Å². The fourth-order valence-electron chi connectivity index (χ4n) is 2.96. The largest absolute Gasteiger partial charge is 0.497 e. The molecule has 0 bridgehead atoms. The van der Waals surface area contributed by atoms with E-state index >= 15 is 0 Å². The van der Waals surface area contributed by atoms with Crippen LogP contribution in [0.4, 0.5) is 11.4 Å². The van der Waals surface area contributed by atoms with Crippen LogP contribution in [0.5, 0.6) is 5.75 Å². The third-order valence-corrected chi connectivity index (χ3v) is 5.89. The molecule has 7 nitrogen and oxygen atoms in total. The highest BCUT2D eigenvalue weighted by Gasteiger charge is 2.22. The topological polar surface area (TPSA) is 96.5 Å². The summed E-state index contributed by atoms with van der Waals surface area (Å²) in [5, 5.41) is 6.08. The molecule has 0 saturated carbocycles. The lowest BCUT2D eigenvalue weighted by atomic mass is 9.97. The van der Waals surface area contributed by atoms with Gasteiger partial charge >= 0.3 is 0 Å². The number of methoxy groups -OCH3 is 1. The minimum absolute atomic E-state index is 0. The Balaban J connectivity index is 0.00000280. The number of hydrogen-bond acceptors (Lipinski definition) is 5. The van der Waals surface area contributed by atoms with Crippen LogP contribution in [0.2, 0.25) is 0 Å². The smallest absolute Gasteiger partial charge is 0.261 e. The summed E-state index contributed by atoms with van der Waals surface area (Å²) in [5.74, 6) is 0.411. The molecular formula is C19H24ClN3O4S. The van der Waals surface area contributed by atoms with Crippen molar-refractivity contribution in [2.45, 2.75) is 17.7 Å². The van der Waals surface area contributed by atoms with Crippen LogP contribution >= 0.6 is 12.4 Å². The predicted molar refractivity (Wildman–Crippen MR) is 112 cm³/mol. The molecule has 1 heterocycles. The molecule has 28 heavy (non-hydrogen) atoms. The van der Waals surface area contributed by atoms with Crippen LogP contribution in [-0.2, 0) is 14.8 Å². The Labute approximate surface area is 171 Å². The summed E-state index contributed by atoms with van der Waals surface area (Å²) in [5.41, 5.74) is 0.772. The fourth-order valence-corrected chi connectivity index (χ4v) is 4.04. The van der Waals surface area contributed by atoms with E-state index in [0.29, 0.717) is 17.1 Å². The number of ether oxygens (including phenoxy) is 1. The molecule has 0 spiro atoms. The Morgan fingerprint density at radius 1 is 1.04 bits per heavy atom. The number of hydrogen-bond donors (Lipinski definition) is 3. The van der Waals surface area contributed by atoms with E-state index < -0.39 is 10.0 Å². The molecule has 0 atom stereocenters. The SMILES string of the molecule is COc1ccc(S(=O)(=O)Nc2ccccc2NC(=O)C2CCNCC2)cc1.Cl. The summed E-state index contributed by atoms with van der Waals surface area (Å²) < 4.78 is 32.9. The molecule has 1 amide bonds. The first-order chi connectivity index (χ1) is 13.0. The van der Waals surface area contributed by atoms with Crippen molar-refractivity contribution in [2.75, 3.05) is 30.2 Å². The number of benzene rings is 2. The van der Waals surface area contributed by atoms with E-state index in [9.17, 15) is 13.2 Å². The number of rotatable bonds is 6. The van der Waals surface area contributed by atoms with E-state index in [1.54, 1.807) is 36.4 Å². The molecule has 3 N–H and O–H groups in total. The quantitative estimate of drug-likeness (QED) is 0.661. The van der Waals surface area contributed by atoms with E-state index in [1.165, 1.54) is 19.2 Å². The Kier molecular flexibility index (Phi) is 7.68. The van der Waals surface area contributed by atoms with Gasteiger partial charge in [-0.15, -0.1) is 12.4 Å². The molecule has 0 aliphatic carbocycles. The maximum absolute atomic E-state index is 12.7. The molecule has 0 aromatic heterocycles. The number of halogens is 1. The van der Waals surface area contributed by atoms with Crippen LogP contribution in [0.25, 0.3) is 0 Å². The number of nitrogens with one attached hydrogen (secondary N) is 3. The monoisotopic (exact) mass is 425 g/mol. The standard InChI is InChI=1S/C19H23N3O4S.ClH/c1-26-15-6-8-16(9-7-15)27(24,25)22-18-5-3-2-4-17(18)21-19(23)14-10-12-20-13-11-14;/h2-9,14,20,22H,10-13H2,1H3,(H,21,23);1H. The van der Waals surface area contributed by atoms with Crippen molar-refractivity contribution in [1.29, 1.82) is 0 Å². The van der Waals surface area contributed by atoms with Gasteiger partial charge in [0.2, 0.25) is 5.91 Å². The number of piperidine rings is 1. The average molecular weight is 426 g/mol. The van der Waals surface area contributed by atoms with Gasteiger partial charge in [0.15, 0.2) is 0 Å². The Morgan fingerprint density at radius 2 is 1.64 bits per heavy atom. The van der Waals surface area contributed by atoms with Gasteiger partial charge in [-0.05, 0) is 62.3 Å². The highest BCUT2D eigenvalue weighted by molar-refractivity contribution is 7.92. The number of anilines is 2. The zero-order chi connectivity index (χ0) is 19.3. The van der Waals surface area contributed by atoms with Gasteiger partial charge in [0.05, 0.1) is 23.4 Å². The summed E-state index contributed by atoms with van der Waals surface area (Å²) in [6.07, 6.45) is 1.54. The van der Waals surface area contributed by atoms with Gasteiger partial charge < -0.3 is 15.4 Å². The van der Waals surface area contributed by atoms with E-state index in [1.807, 2.05) is 0 Å². The fraction of sp³-hybridized carbons (Fsp3) is 0.316. The lowest BCUT2D eigenvalue weighted by Gasteiger charge is -2.22. The second kappa shape index (κ2) is 9.77. The summed E-state index contributed by atoms with van der Waals surface area (Å²) in [4.78, 5) is 12.6. The zero-order valence-electron chi connectivity index (χ0n) is 15.5. The third kappa shape index (κ3) is 5.37. The van der Waals surface area contributed by atoms with E-state index in [2.05, 4.69) is 15.4 Å². The molecule has 1 aliphatic heterocycles. The lowest BCUT2D eigenvalue weighted by Crippen LogP contribution is -2.34. The molecule has 1 fully saturated rings. The predicted octanol–water partition coefficient (Wildman–Crippen LogP) is 2.86. The molecule has 152 valence electrons. The van der Waals surface area contributed by atoms with Crippen LogP contribution in [0.3, 0.4) is 0 Å². The number of carbonyl (C=O) groups is 1. The molecule has 1 saturated heterocycles. The van der Waals surface area contributed by atoms with Crippen LogP contribution in [0.15, 0.2) is 53.4 Å². The van der Waals surface area contributed by atoms with E-state index in [4.69, 9.17) is 4.74 Å². The first-order valence-electron chi connectivity index (χ1n) is 8.77. The summed E-state index contributed by atoms with van der Waals surface area (Å²) in [6, 6.07) is 12.9. The van der Waals surface area contributed by atoms with Crippen LogP contribution in [0, 0.1) is 5.92 Å². The maximum atomic E-state index is 12.7. The Bertz CT molecular complexity index is 898. The van der Waals surface area contributed by atoms with Gasteiger partial charge in [0.1, 0.15) is 5.75 Å². The van der Waals surface area contributed by atoms with Gasteiger partial charge in [-0.2, -0.15) is 0 Å². The van der Waals surface area contributed by atoms with Crippen molar-refractivity contribution < 1.29 is 17.9 Å². The van der Waals surface area contributed by atoms with Crippen molar-refractivity contribution >= 4 is 39.7 Å². The van der Waals surface area contributed by atoms with Crippen molar-refractivity contribution in [3.63, 3.8) is 0 Å². The lowest BCUT2D eigenvalue weighted by molar-refractivity contribution is -0.120. The summed E-state index contributed by atoms with van der Waals surface area (Å²) in [7, 11) is -2.27. The second-order valence-corrected chi connectivity index (χ2v) is 8.02. The van der Waals surface area contributed by atoms with Crippen LogP contribution in [0.1, 0.15) is 12.8 Å². The van der Waals surface area contributed by atoms with Gasteiger partial charge in [-0.25, -0.2) is 8.42 Å². The number of sulfonamides is 1. The number of carbonyl (C=O) groups excluding carboxylic acids is 1. The highest BCUT2D eigenvalue weighted by atomic mass is 35.5. The van der Waals surface area contributed by atoms with E-state index in [-0.39, 0.29) is 29.1 Å². The first kappa shape index (κ1) is 22.0. The van der Waals surface area contributed by atoms with Crippen molar-refractivity contribution in [2.24, 2.45) is 5.92 Å². The molecule has 3 rings (SSSR count). The molecule has 1 aliphatic rings. The Morgan fingerprint density at radius 3 is 2.25 bits per heavy atom. The molecule has 0 radical (unpaired) electrons. The van der Waals surface area contributed by atoms with Crippen LogP contribution in [-0.4, -0.2) is 34.5 Å². The van der Waals surface area contributed by atoms with Gasteiger partial charge in [-0.1, -0.05) is 12.1 Å². The molecule has 9 heteroatoms. The molecule has 2 aromatic rings. The molecular weight excluding hydrogens is 402 g/mol. The third-order valence-electron chi connectivity index (χ3n) is 4.51. The van der Waals surface area contributed by atoms with Gasteiger partial charge in [0.25, 0.3) is 10.0 Å². The zero-order valence-corrected chi connectivity index (χ0v) is 17.1. The number of para-hydroxylation sites is 2. The normalized spacial score (nSPS) is 14.6. The summed E-state index contributed by atoms with van der Waals surface area (Å²) >= 11 is 0. The van der Waals surface area contributed by atoms with Crippen molar-refractivity contribution in [3.8, 4) is 5.75 Å². The average Bonchev–Trinajstić information content (AvgIpc) is 2.70. The van der Waals surface area contributed by atoms with E-state index in [0.717, 1.165) is 25.9 Å². The second-order valence-electron chi connectivity index (χ2n) is 6.34. The summed E-state index contributed by atoms with van der Waals surface area (Å²) in [6.45, 7) is 1.62. The minimum atomic E-state index is -3.79.